The van der Waals surface area contributed by atoms with Gasteiger partial charge in [0.2, 0.25) is 0 Å². The van der Waals surface area contributed by atoms with Crippen LogP contribution >= 0.6 is 0 Å². The largest absolute Gasteiger partial charge is 0.379 e. The molecule has 1 aliphatic heterocycles. The van der Waals surface area contributed by atoms with Gasteiger partial charge in [-0.05, 0) is 49.1 Å². The van der Waals surface area contributed by atoms with Crippen LogP contribution in [0.1, 0.15) is 44.6 Å². The molecule has 1 unspecified atom stereocenters. The Kier molecular flexibility index (Phi) is 2.76. The van der Waals surface area contributed by atoms with Crippen LogP contribution in [0.3, 0.4) is 0 Å². The third kappa shape index (κ3) is 1.83. The van der Waals surface area contributed by atoms with Gasteiger partial charge in [0.25, 0.3) is 0 Å². The minimum atomic E-state index is 0.239. The smallest absolute Gasteiger partial charge is 0.0427 e. The highest BCUT2D eigenvalue weighted by Crippen LogP contribution is 2.43. The third-order valence-electron chi connectivity index (χ3n) is 5.48. The molecule has 1 N–H and O–H groups in total. The summed E-state index contributed by atoms with van der Waals surface area (Å²) >= 11 is 0. The maximum Gasteiger partial charge on any atom is 0.0427 e. The molecule has 1 atom stereocenters. The Balaban J connectivity index is 1.78. The highest BCUT2D eigenvalue weighted by atomic mass is 15.0. The van der Waals surface area contributed by atoms with Gasteiger partial charge in [0.15, 0.2) is 0 Å². The Hall–Kier alpha value is -1.50. The van der Waals surface area contributed by atoms with Crippen molar-refractivity contribution in [3.63, 3.8) is 0 Å². The van der Waals surface area contributed by atoms with Crippen molar-refractivity contribution in [2.45, 2.75) is 51.0 Å². The first-order valence-corrected chi connectivity index (χ1v) is 8.05. The highest BCUT2D eigenvalue weighted by molar-refractivity contribution is 5.98. The summed E-state index contributed by atoms with van der Waals surface area (Å²) in [5.41, 5.74) is 3.12. The molecule has 20 heavy (non-hydrogen) atoms. The van der Waals surface area contributed by atoms with E-state index in [1.165, 1.54) is 60.5 Å². The Morgan fingerprint density at radius 3 is 2.55 bits per heavy atom. The molecule has 0 saturated heterocycles. The van der Waals surface area contributed by atoms with Crippen LogP contribution in [0.25, 0.3) is 10.8 Å². The summed E-state index contributed by atoms with van der Waals surface area (Å²) in [4.78, 5) is 0. The predicted molar refractivity (Wildman–Crippen MR) is 86.3 cm³/mol. The molecule has 0 bridgehead atoms. The van der Waals surface area contributed by atoms with E-state index in [-0.39, 0.29) is 5.54 Å². The molecule has 0 amide bonds. The van der Waals surface area contributed by atoms with Crippen molar-refractivity contribution in [2.75, 3.05) is 5.32 Å². The average Bonchev–Trinajstić information content (AvgIpc) is 2.48. The van der Waals surface area contributed by atoms with Crippen LogP contribution in [0.15, 0.2) is 36.4 Å². The zero-order valence-electron chi connectivity index (χ0n) is 12.3. The van der Waals surface area contributed by atoms with Gasteiger partial charge in [-0.1, -0.05) is 49.6 Å². The van der Waals surface area contributed by atoms with E-state index in [1.807, 2.05) is 0 Å². The van der Waals surface area contributed by atoms with Crippen LogP contribution in [-0.4, -0.2) is 5.54 Å². The fourth-order valence-corrected chi connectivity index (χ4v) is 4.40. The Morgan fingerprint density at radius 1 is 1.00 bits per heavy atom. The van der Waals surface area contributed by atoms with E-state index in [2.05, 4.69) is 48.6 Å². The first kappa shape index (κ1) is 12.3. The lowest BCUT2D eigenvalue weighted by molar-refractivity contribution is 0.239. The van der Waals surface area contributed by atoms with Gasteiger partial charge in [-0.3, -0.25) is 0 Å². The molecule has 1 fully saturated rings. The van der Waals surface area contributed by atoms with Gasteiger partial charge in [-0.25, -0.2) is 0 Å². The van der Waals surface area contributed by atoms with Gasteiger partial charge >= 0.3 is 0 Å². The SMILES string of the molecule is CC1(C2CCCCC2)Cc2cccc3cccc(c23)N1. The molecule has 2 aromatic rings. The lowest BCUT2D eigenvalue weighted by Crippen LogP contribution is -2.47. The van der Waals surface area contributed by atoms with Crippen LogP contribution in [0.4, 0.5) is 5.69 Å². The summed E-state index contributed by atoms with van der Waals surface area (Å²) < 4.78 is 0. The van der Waals surface area contributed by atoms with E-state index in [0.29, 0.717) is 0 Å². The van der Waals surface area contributed by atoms with Crippen LogP contribution < -0.4 is 5.32 Å². The minimum absolute atomic E-state index is 0.239. The van der Waals surface area contributed by atoms with Crippen LogP contribution in [0.5, 0.6) is 0 Å². The monoisotopic (exact) mass is 265 g/mol. The molecular weight excluding hydrogens is 242 g/mol. The number of hydrogen-bond acceptors (Lipinski definition) is 1. The van der Waals surface area contributed by atoms with Gasteiger partial charge in [0.05, 0.1) is 0 Å². The van der Waals surface area contributed by atoms with E-state index < -0.39 is 0 Å². The molecule has 104 valence electrons. The third-order valence-corrected chi connectivity index (χ3v) is 5.48. The second-order valence-electron chi connectivity index (χ2n) is 6.87. The number of nitrogens with one attached hydrogen (secondary N) is 1. The number of rotatable bonds is 1. The Morgan fingerprint density at radius 2 is 1.75 bits per heavy atom. The molecule has 2 aromatic carbocycles. The molecule has 2 aliphatic rings. The van der Waals surface area contributed by atoms with E-state index in [4.69, 9.17) is 0 Å². The summed E-state index contributed by atoms with van der Waals surface area (Å²) in [6, 6.07) is 13.4. The van der Waals surface area contributed by atoms with Crippen LogP contribution in [0.2, 0.25) is 0 Å². The first-order valence-electron chi connectivity index (χ1n) is 8.05. The molecule has 1 nitrogen and oxygen atoms in total. The topological polar surface area (TPSA) is 12.0 Å². The van der Waals surface area contributed by atoms with Crippen LogP contribution in [0, 0.1) is 5.92 Å². The predicted octanol–water partition coefficient (Wildman–Crippen LogP) is 5.15. The quantitative estimate of drug-likeness (QED) is 0.752. The summed E-state index contributed by atoms with van der Waals surface area (Å²) in [5.74, 6) is 0.819. The molecule has 0 radical (unpaired) electrons. The van der Waals surface area contributed by atoms with Crippen molar-refractivity contribution < 1.29 is 0 Å². The van der Waals surface area contributed by atoms with Crippen molar-refractivity contribution in [1.29, 1.82) is 0 Å². The van der Waals surface area contributed by atoms with Crippen molar-refractivity contribution in [3.8, 4) is 0 Å². The zero-order valence-corrected chi connectivity index (χ0v) is 12.3. The molecule has 1 heterocycles. The van der Waals surface area contributed by atoms with Gasteiger partial charge in [-0.15, -0.1) is 0 Å². The molecule has 1 heteroatoms. The van der Waals surface area contributed by atoms with Crippen molar-refractivity contribution in [2.24, 2.45) is 5.92 Å². The lowest BCUT2D eigenvalue weighted by Gasteiger charge is -2.44. The first-order chi connectivity index (χ1) is 9.76. The van der Waals surface area contributed by atoms with Crippen LogP contribution in [-0.2, 0) is 6.42 Å². The number of benzene rings is 2. The average molecular weight is 265 g/mol. The Bertz CT molecular complexity index is 597. The Labute approximate surface area is 121 Å². The summed E-state index contributed by atoms with van der Waals surface area (Å²) in [6.07, 6.45) is 8.20. The molecule has 0 spiro atoms. The van der Waals surface area contributed by atoms with E-state index in [0.717, 1.165) is 5.92 Å². The van der Waals surface area contributed by atoms with Gasteiger partial charge < -0.3 is 5.32 Å². The normalized spacial score (nSPS) is 26.4. The van der Waals surface area contributed by atoms with Crippen molar-refractivity contribution in [3.05, 3.63) is 42.0 Å². The van der Waals surface area contributed by atoms with Crippen molar-refractivity contribution in [1.82, 2.24) is 0 Å². The molecule has 4 rings (SSSR count). The van der Waals surface area contributed by atoms with E-state index >= 15 is 0 Å². The lowest BCUT2D eigenvalue weighted by atomic mass is 9.70. The zero-order chi connectivity index (χ0) is 13.6. The highest BCUT2D eigenvalue weighted by Gasteiger charge is 2.38. The standard InChI is InChI=1S/C19H23N/c1-19(16-10-3-2-4-11-16)13-15-9-5-7-14-8-6-12-17(20-19)18(14)15/h5-9,12,16,20H,2-4,10-11,13H2,1H3. The number of hydrogen-bond donors (Lipinski definition) is 1. The summed E-state index contributed by atoms with van der Waals surface area (Å²) in [7, 11) is 0. The second kappa shape index (κ2) is 4.51. The van der Waals surface area contributed by atoms with Gasteiger partial charge in [0.1, 0.15) is 0 Å². The molecule has 0 aromatic heterocycles. The van der Waals surface area contributed by atoms with Gasteiger partial charge in [0, 0.05) is 16.6 Å². The second-order valence-corrected chi connectivity index (χ2v) is 6.87. The summed E-state index contributed by atoms with van der Waals surface area (Å²) in [5, 5.41) is 6.73. The maximum atomic E-state index is 3.91. The molecular formula is C19H23N. The maximum absolute atomic E-state index is 3.91. The van der Waals surface area contributed by atoms with Gasteiger partial charge in [-0.2, -0.15) is 0 Å². The van der Waals surface area contributed by atoms with E-state index in [9.17, 15) is 0 Å². The molecule has 1 aliphatic carbocycles. The van der Waals surface area contributed by atoms with Crippen molar-refractivity contribution >= 4 is 16.5 Å². The van der Waals surface area contributed by atoms with E-state index in [1.54, 1.807) is 0 Å². The summed E-state index contributed by atoms with van der Waals surface area (Å²) in [6.45, 7) is 2.44. The fourth-order valence-electron chi connectivity index (χ4n) is 4.40. The molecule has 1 saturated carbocycles. The number of anilines is 1. The minimum Gasteiger partial charge on any atom is -0.379 e. The fraction of sp³-hybridized carbons (Fsp3) is 0.474.